The van der Waals surface area contributed by atoms with E-state index < -0.39 is 0 Å². The number of rotatable bonds is 1. The molecule has 57 valence electrons. The average molecular weight is 150 g/mol. The molecule has 0 spiro atoms. The van der Waals surface area contributed by atoms with Gasteiger partial charge in [0.25, 0.3) is 0 Å². The Morgan fingerprint density at radius 3 is 3.09 bits per heavy atom. The van der Waals surface area contributed by atoms with Gasteiger partial charge in [0.2, 0.25) is 0 Å². The lowest BCUT2D eigenvalue weighted by Gasteiger charge is -2.01. The Kier molecular flexibility index (Phi) is 2.43. The van der Waals surface area contributed by atoms with Crippen LogP contribution in [0.15, 0.2) is 18.3 Å². The molecule has 4 heteroatoms. The second-order valence-corrected chi connectivity index (χ2v) is 1.88. The zero-order chi connectivity index (χ0) is 8.10. The number of amides is 2. The van der Waals surface area contributed by atoms with E-state index in [4.69, 9.17) is 0 Å². The van der Waals surface area contributed by atoms with E-state index in [-0.39, 0.29) is 6.03 Å². The molecule has 0 aliphatic carbocycles. The third-order valence-corrected chi connectivity index (χ3v) is 1.11. The van der Waals surface area contributed by atoms with E-state index in [1.54, 1.807) is 25.4 Å². The smallest absolute Gasteiger partial charge is 0.318 e. The molecule has 0 aromatic carbocycles. The van der Waals surface area contributed by atoms with Crippen LogP contribution in [0.3, 0.4) is 0 Å². The van der Waals surface area contributed by atoms with Gasteiger partial charge in [-0.25, -0.2) is 4.79 Å². The summed E-state index contributed by atoms with van der Waals surface area (Å²) in [5.74, 6) is 0. The van der Waals surface area contributed by atoms with Crippen LogP contribution in [0.25, 0.3) is 0 Å². The molecule has 1 radical (unpaired) electrons. The zero-order valence-electron chi connectivity index (χ0n) is 6.09. The maximum absolute atomic E-state index is 10.7. The van der Waals surface area contributed by atoms with Crippen LogP contribution in [0.2, 0.25) is 0 Å². The fraction of sp³-hybridized carbons (Fsp3) is 0.143. The maximum atomic E-state index is 10.7. The Morgan fingerprint density at radius 2 is 2.55 bits per heavy atom. The van der Waals surface area contributed by atoms with Crippen LogP contribution < -0.4 is 10.6 Å². The summed E-state index contributed by atoms with van der Waals surface area (Å²) in [6.07, 6.45) is 4.16. The predicted octanol–water partition coefficient (Wildman–Crippen LogP) is 0.633. The van der Waals surface area contributed by atoms with Crippen molar-refractivity contribution in [1.82, 2.24) is 10.3 Å². The number of hydrogen-bond donors (Lipinski definition) is 2. The molecule has 2 amide bonds. The predicted molar refractivity (Wildman–Crippen MR) is 41.2 cm³/mol. The van der Waals surface area contributed by atoms with Crippen molar-refractivity contribution in [2.75, 3.05) is 12.4 Å². The topological polar surface area (TPSA) is 54.0 Å². The van der Waals surface area contributed by atoms with Crippen molar-refractivity contribution in [3.63, 3.8) is 0 Å². The highest BCUT2D eigenvalue weighted by molar-refractivity contribution is 5.88. The van der Waals surface area contributed by atoms with Gasteiger partial charge in [0.05, 0.1) is 6.20 Å². The highest BCUT2D eigenvalue weighted by Crippen LogP contribution is 2.01. The molecule has 0 saturated carbocycles. The number of anilines is 1. The zero-order valence-corrected chi connectivity index (χ0v) is 6.09. The maximum Gasteiger partial charge on any atom is 0.318 e. The first-order valence-corrected chi connectivity index (χ1v) is 3.14. The van der Waals surface area contributed by atoms with Gasteiger partial charge in [-0.2, -0.15) is 0 Å². The molecule has 0 fully saturated rings. The van der Waals surface area contributed by atoms with E-state index in [0.29, 0.717) is 5.69 Å². The number of urea groups is 1. The lowest BCUT2D eigenvalue weighted by Crippen LogP contribution is -2.24. The minimum absolute atomic E-state index is 0.246. The molecule has 0 aliphatic heterocycles. The lowest BCUT2D eigenvalue weighted by atomic mass is 10.4. The summed E-state index contributed by atoms with van der Waals surface area (Å²) < 4.78 is 0. The number of nitrogens with one attached hydrogen (secondary N) is 2. The molecule has 1 rings (SSSR count). The third kappa shape index (κ3) is 2.25. The molecule has 1 aromatic rings. The van der Waals surface area contributed by atoms with Gasteiger partial charge in [0, 0.05) is 18.9 Å². The second kappa shape index (κ2) is 3.55. The number of hydrogen-bond acceptors (Lipinski definition) is 2. The van der Waals surface area contributed by atoms with Crippen LogP contribution in [0.5, 0.6) is 0 Å². The summed E-state index contributed by atoms with van der Waals surface area (Å²) in [7, 11) is 1.56. The molecule has 1 aromatic heterocycles. The molecular weight excluding hydrogens is 142 g/mol. The van der Waals surface area contributed by atoms with Gasteiger partial charge >= 0.3 is 6.03 Å². The number of nitrogens with zero attached hydrogens (tertiary/aromatic N) is 1. The molecule has 1 heterocycles. The Hall–Kier alpha value is -1.58. The lowest BCUT2D eigenvalue weighted by molar-refractivity contribution is 0.254. The van der Waals surface area contributed by atoms with E-state index >= 15 is 0 Å². The molecule has 4 nitrogen and oxygen atoms in total. The largest absolute Gasteiger partial charge is 0.341 e. The minimum Gasteiger partial charge on any atom is -0.341 e. The fourth-order valence-electron chi connectivity index (χ4n) is 0.587. The Labute approximate surface area is 64.6 Å². The van der Waals surface area contributed by atoms with Crippen molar-refractivity contribution in [2.24, 2.45) is 0 Å². The Bertz CT molecular complexity index is 235. The van der Waals surface area contributed by atoms with Gasteiger partial charge in [-0.3, -0.25) is 4.98 Å². The fourth-order valence-corrected chi connectivity index (χ4v) is 0.587. The number of aromatic nitrogens is 1. The third-order valence-electron chi connectivity index (χ3n) is 1.11. The first-order valence-electron chi connectivity index (χ1n) is 3.14. The standard InChI is InChI=1S/C7H8N3O/c1-8-7(11)10-6-2-4-9-5-3-6/h2-4H,1H3,(H2,8,9,10,11). The van der Waals surface area contributed by atoms with E-state index in [0.717, 1.165) is 0 Å². The summed E-state index contributed by atoms with van der Waals surface area (Å²) >= 11 is 0. The Balaban J connectivity index is 2.58. The average Bonchev–Trinajstić information content (AvgIpc) is 2.06. The number of carbonyl (C=O) groups excluding carboxylic acids is 1. The van der Waals surface area contributed by atoms with E-state index in [9.17, 15) is 4.79 Å². The van der Waals surface area contributed by atoms with Crippen LogP contribution in [0.4, 0.5) is 10.5 Å². The van der Waals surface area contributed by atoms with E-state index in [1.807, 2.05) is 0 Å². The van der Waals surface area contributed by atoms with Crippen LogP contribution in [-0.2, 0) is 0 Å². The molecule has 0 unspecified atom stereocenters. The SMILES string of the molecule is CNC(=O)Nc1c[c]ncc1. The molecule has 0 bridgehead atoms. The van der Waals surface area contributed by atoms with E-state index in [1.165, 1.54) is 0 Å². The summed E-state index contributed by atoms with van der Waals surface area (Å²) in [5.41, 5.74) is 0.680. The summed E-state index contributed by atoms with van der Waals surface area (Å²) in [4.78, 5) is 14.4. The van der Waals surface area contributed by atoms with E-state index in [2.05, 4.69) is 21.8 Å². The quantitative estimate of drug-likeness (QED) is 0.617. The molecule has 0 atom stereocenters. The molecule has 11 heavy (non-hydrogen) atoms. The van der Waals surface area contributed by atoms with Crippen molar-refractivity contribution in [1.29, 1.82) is 0 Å². The first-order chi connectivity index (χ1) is 5.33. The van der Waals surface area contributed by atoms with Crippen molar-refractivity contribution in [3.05, 3.63) is 24.5 Å². The summed E-state index contributed by atoms with van der Waals surface area (Å²) in [6, 6.07) is 3.03. The highest BCUT2D eigenvalue weighted by Gasteiger charge is 1.95. The number of carbonyl (C=O) groups is 1. The summed E-state index contributed by atoms with van der Waals surface area (Å²) in [5, 5.41) is 5.00. The van der Waals surface area contributed by atoms with Crippen LogP contribution >= 0.6 is 0 Å². The van der Waals surface area contributed by atoms with Gasteiger partial charge in [0.15, 0.2) is 0 Å². The Morgan fingerprint density at radius 1 is 1.73 bits per heavy atom. The molecule has 0 aliphatic rings. The summed E-state index contributed by atoms with van der Waals surface area (Å²) in [6.45, 7) is 0. The van der Waals surface area contributed by atoms with Gasteiger partial charge in [-0.05, 0) is 12.1 Å². The van der Waals surface area contributed by atoms with Crippen molar-refractivity contribution in [2.45, 2.75) is 0 Å². The van der Waals surface area contributed by atoms with Crippen LogP contribution in [0.1, 0.15) is 0 Å². The molecule has 2 N–H and O–H groups in total. The van der Waals surface area contributed by atoms with Gasteiger partial charge in [-0.15, -0.1) is 0 Å². The highest BCUT2D eigenvalue weighted by atomic mass is 16.2. The second-order valence-electron chi connectivity index (χ2n) is 1.88. The minimum atomic E-state index is -0.246. The van der Waals surface area contributed by atoms with Crippen LogP contribution in [-0.4, -0.2) is 18.1 Å². The van der Waals surface area contributed by atoms with Crippen molar-refractivity contribution >= 4 is 11.7 Å². The van der Waals surface area contributed by atoms with Gasteiger partial charge in [-0.1, -0.05) is 0 Å². The molecule has 0 saturated heterocycles. The number of pyridine rings is 1. The van der Waals surface area contributed by atoms with Crippen LogP contribution in [0, 0.1) is 6.20 Å². The van der Waals surface area contributed by atoms with Gasteiger partial charge in [0.1, 0.15) is 0 Å². The first kappa shape index (κ1) is 7.53. The monoisotopic (exact) mass is 150 g/mol. The normalized spacial score (nSPS) is 8.82. The molecular formula is C7H8N3O. The van der Waals surface area contributed by atoms with Gasteiger partial charge < -0.3 is 10.6 Å². The van der Waals surface area contributed by atoms with Crippen molar-refractivity contribution < 1.29 is 4.79 Å². The van der Waals surface area contributed by atoms with Crippen molar-refractivity contribution in [3.8, 4) is 0 Å².